The van der Waals surface area contributed by atoms with E-state index >= 15 is 0 Å². The van der Waals surface area contributed by atoms with Gasteiger partial charge >= 0.3 is 5.97 Å². The Bertz CT molecular complexity index is 1540. The molecule has 0 saturated carbocycles. The van der Waals surface area contributed by atoms with Crippen LogP contribution < -0.4 is 54.8 Å². The van der Waals surface area contributed by atoms with Gasteiger partial charge in [0.05, 0.1) is 12.6 Å². The number of rotatable bonds is 28. The molecule has 0 bridgehead atoms. The van der Waals surface area contributed by atoms with Gasteiger partial charge < -0.3 is 65.0 Å². The molecule has 59 heavy (non-hydrogen) atoms. The van der Waals surface area contributed by atoms with Gasteiger partial charge in [0.2, 0.25) is 35.4 Å². The molecule has 1 rings (SSSR count). The third-order valence-corrected chi connectivity index (χ3v) is 9.02. The van der Waals surface area contributed by atoms with E-state index in [2.05, 4.69) is 36.9 Å². The number of nitrogens with two attached hydrogens (primary N) is 4. The zero-order valence-electron chi connectivity index (χ0n) is 34.9. The number of aliphatic carboxylic acids is 1. The number of nitrogens with zero attached hydrogens (tertiary/aromatic N) is 1. The van der Waals surface area contributed by atoms with Gasteiger partial charge in [0.25, 0.3) is 0 Å². The maximum atomic E-state index is 13.6. The molecule has 6 amide bonds. The molecule has 0 aromatic heterocycles. The summed E-state index contributed by atoms with van der Waals surface area (Å²) in [5.74, 6) is -6.20. The second-order valence-corrected chi connectivity index (χ2v) is 15.3. The minimum Gasteiger partial charge on any atom is -0.480 e. The Hall–Kier alpha value is -5.34. The second-order valence-electron chi connectivity index (χ2n) is 15.3. The average Bonchev–Trinajstić information content (AvgIpc) is 3.16. The topological polar surface area (TPSA) is 349 Å². The zero-order chi connectivity index (χ0) is 44.7. The number of amides is 6. The molecule has 0 radical (unpaired) electrons. The number of aliphatic imine (C=N–C) groups is 1. The third kappa shape index (κ3) is 20.8. The standard InChI is InChI=1S/C39H67N11O9/c1-22(2)18-29(35(55)47-28(38(58)59)15-11-17-44-39(42)43)48-36(56)30(19-23(3)4)49-37(57)31(21-51)50-32(52)24(5)45-34(54)27(14-9-10-16-40)46-33(53)26(41)20-25-12-7-6-8-13-25/h6-8,12-13,22-24,26-31,51H,9-11,14-21,40-41H2,1-5H3,(H,45,54)(H,46,53)(H,47,55)(H,48,56)(H,49,57)(H,50,52)(H,58,59)(H4,42,43,44)/t24-,26-,27-,28-,29-,30-,31-/m0/s1. The first kappa shape index (κ1) is 51.7. The van der Waals surface area contributed by atoms with Gasteiger partial charge in [0.15, 0.2) is 5.96 Å². The van der Waals surface area contributed by atoms with Crippen LogP contribution in [-0.2, 0) is 40.0 Å². The van der Waals surface area contributed by atoms with E-state index in [1.165, 1.54) is 6.92 Å². The Labute approximate surface area is 346 Å². The van der Waals surface area contributed by atoms with Crippen molar-refractivity contribution in [1.82, 2.24) is 31.9 Å². The lowest BCUT2D eigenvalue weighted by atomic mass is 9.99. The van der Waals surface area contributed by atoms with Gasteiger partial charge in [-0.3, -0.25) is 33.8 Å². The van der Waals surface area contributed by atoms with Crippen molar-refractivity contribution in [2.45, 2.75) is 128 Å². The minimum atomic E-state index is -1.55. The quantitative estimate of drug-likeness (QED) is 0.0243. The second kappa shape index (κ2) is 27.4. The van der Waals surface area contributed by atoms with E-state index in [0.717, 1.165) is 5.56 Å². The third-order valence-electron chi connectivity index (χ3n) is 9.02. The van der Waals surface area contributed by atoms with E-state index in [9.17, 15) is 43.8 Å². The van der Waals surface area contributed by atoms with Crippen LogP contribution in [0.15, 0.2) is 35.3 Å². The maximum absolute atomic E-state index is 13.6. The van der Waals surface area contributed by atoms with Crippen LogP contribution in [-0.4, -0.2) is 120 Å². The fourth-order valence-corrected chi connectivity index (χ4v) is 5.86. The van der Waals surface area contributed by atoms with Crippen molar-refractivity contribution in [1.29, 1.82) is 0 Å². The number of carbonyl (C=O) groups is 7. The average molecular weight is 834 g/mol. The number of carbonyl (C=O) groups excluding carboxylic acids is 6. The molecular formula is C39H67N11O9. The van der Waals surface area contributed by atoms with Crippen molar-refractivity contribution in [2.75, 3.05) is 19.7 Å². The molecule has 1 aromatic carbocycles. The molecule has 0 saturated heterocycles. The van der Waals surface area contributed by atoms with Crippen molar-refractivity contribution >= 4 is 47.4 Å². The van der Waals surface area contributed by atoms with Gasteiger partial charge in [-0.05, 0) is 82.2 Å². The fraction of sp³-hybridized carbons (Fsp3) is 0.641. The smallest absolute Gasteiger partial charge is 0.326 e. The van der Waals surface area contributed by atoms with Gasteiger partial charge in [-0.25, -0.2) is 4.79 Å². The summed E-state index contributed by atoms with van der Waals surface area (Å²) >= 11 is 0. The summed E-state index contributed by atoms with van der Waals surface area (Å²) in [4.78, 5) is 95.6. The molecular weight excluding hydrogens is 766 g/mol. The van der Waals surface area contributed by atoms with Crippen LogP contribution in [0.4, 0.5) is 0 Å². The Balaban J connectivity index is 3.03. The van der Waals surface area contributed by atoms with E-state index in [-0.39, 0.29) is 62.9 Å². The lowest BCUT2D eigenvalue weighted by Gasteiger charge is -2.27. The van der Waals surface area contributed by atoms with E-state index in [4.69, 9.17) is 22.9 Å². The molecule has 7 atom stereocenters. The minimum absolute atomic E-state index is 0.0125. The maximum Gasteiger partial charge on any atom is 0.326 e. The molecule has 0 spiro atoms. The lowest BCUT2D eigenvalue weighted by Crippen LogP contribution is -2.60. The molecule has 0 heterocycles. The van der Waals surface area contributed by atoms with Crippen LogP contribution in [0.1, 0.15) is 85.1 Å². The predicted molar refractivity (Wildman–Crippen MR) is 222 cm³/mol. The van der Waals surface area contributed by atoms with Gasteiger partial charge in [-0.15, -0.1) is 0 Å². The number of carboxylic acids is 1. The molecule has 0 aliphatic heterocycles. The number of aliphatic hydroxyl groups excluding tert-OH is 1. The number of carboxylic acid groups (broad SMARTS) is 1. The monoisotopic (exact) mass is 834 g/mol. The molecule has 0 fully saturated rings. The number of hydrogen-bond acceptors (Lipinski definition) is 11. The van der Waals surface area contributed by atoms with Crippen LogP contribution in [0.25, 0.3) is 0 Å². The van der Waals surface area contributed by atoms with E-state index in [0.29, 0.717) is 19.4 Å². The number of benzene rings is 1. The van der Waals surface area contributed by atoms with E-state index in [1.54, 1.807) is 13.8 Å². The van der Waals surface area contributed by atoms with Gasteiger partial charge in [-0.1, -0.05) is 58.0 Å². The van der Waals surface area contributed by atoms with Gasteiger partial charge in [0, 0.05) is 6.54 Å². The van der Waals surface area contributed by atoms with Crippen molar-refractivity contribution in [3.63, 3.8) is 0 Å². The summed E-state index contributed by atoms with van der Waals surface area (Å²) in [5.41, 5.74) is 23.2. The number of guanidine groups is 1. The molecule has 0 aliphatic rings. The Morgan fingerprint density at radius 3 is 1.59 bits per heavy atom. The first-order chi connectivity index (χ1) is 27.8. The normalized spacial score (nSPS) is 14.7. The first-order valence-corrected chi connectivity index (χ1v) is 20.0. The van der Waals surface area contributed by atoms with Crippen LogP contribution in [0.3, 0.4) is 0 Å². The van der Waals surface area contributed by atoms with Crippen molar-refractivity contribution in [2.24, 2.45) is 39.8 Å². The molecule has 0 aliphatic carbocycles. The summed E-state index contributed by atoms with van der Waals surface area (Å²) in [6.07, 6.45) is 2.02. The molecule has 16 N–H and O–H groups in total. The summed E-state index contributed by atoms with van der Waals surface area (Å²) in [5, 5.41) is 35.0. The van der Waals surface area contributed by atoms with E-state index in [1.807, 2.05) is 44.2 Å². The fourth-order valence-electron chi connectivity index (χ4n) is 5.86. The lowest BCUT2D eigenvalue weighted by molar-refractivity contribution is -0.142. The Morgan fingerprint density at radius 1 is 0.627 bits per heavy atom. The summed E-state index contributed by atoms with van der Waals surface area (Å²) < 4.78 is 0. The highest BCUT2D eigenvalue weighted by Crippen LogP contribution is 2.11. The van der Waals surface area contributed by atoms with Gasteiger partial charge in [-0.2, -0.15) is 0 Å². The van der Waals surface area contributed by atoms with Crippen molar-refractivity contribution < 1.29 is 43.8 Å². The van der Waals surface area contributed by atoms with Crippen LogP contribution in [0.2, 0.25) is 0 Å². The van der Waals surface area contributed by atoms with Gasteiger partial charge in [0.1, 0.15) is 36.3 Å². The Kier molecular flexibility index (Phi) is 24.0. The van der Waals surface area contributed by atoms with Crippen LogP contribution in [0.5, 0.6) is 0 Å². The number of unbranched alkanes of at least 4 members (excludes halogenated alkanes) is 1. The van der Waals surface area contributed by atoms with Crippen LogP contribution in [0, 0.1) is 11.8 Å². The number of aliphatic hydroxyl groups is 1. The van der Waals surface area contributed by atoms with Crippen LogP contribution >= 0.6 is 0 Å². The molecule has 332 valence electrons. The Morgan fingerprint density at radius 2 is 1.10 bits per heavy atom. The largest absolute Gasteiger partial charge is 0.480 e. The number of nitrogens with one attached hydrogen (secondary N) is 6. The zero-order valence-corrected chi connectivity index (χ0v) is 34.9. The highest BCUT2D eigenvalue weighted by Gasteiger charge is 2.33. The SMILES string of the molecule is CC(C)C[C@H](NC(=O)[C@H](CC(C)C)NC(=O)[C@H](CO)NC(=O)[C@H](C)NC(=O)[C@H](CCCCN)NC(=O)[C@@H](N)Cc1ccccc1)C(=O)N[C@@H](CCCN=C(N)N)C(=O)O. The molecule has 20 heteroatoms. The highest BCUT2D eigenvalue weighted by molar-refractivity contribution is 5.97. The van der Waals surface area contributed by atoms with Crippen molar-refractivity contribution in [3.8, 4) is 0 Å². The first-order valence-electron chi connectivity index (χ1n) is 20.0. The summed E-state index contributed by atoms with van der Waals surface area (Å²) in [6.45, 7) is 8.20. The molecule has 1 aromatic rings. The highest BCUT2D eigenvalue weighted by atomic mass is 16.4. The predicted octanol–water partition coefficient (Wildman–Crippen LogP) is -2.16. The molecule has 20 nitrogen and oxygen atoms in total. The number of hydrogen-bond donors (Lipinski definition) is 12. The summed E-state index contributed by atoms with van der Waals surface area (Å²) in [6, 6.07) is 0.644. The van der Waals surface area contributed by atoms with E-state index < -0.39 is 90.3 Å². The van der Waals surface area contributed by atoms with Crippen molar-refractivity contribution in [3.05, 3.63) is 35.9 Å². The summed E-state index contributed by atoms with van der Waals surface area (Å²) in [7, 11) is 0. The molecule has 0 unspecified atom stereocenters.